The topological polar surface area (TPSA) is 84.9 Å². The summed E-state index contributed by atoms with van der Waals surface area (Å²) in [5.41, 5.74) is 4.34. The Kier molecular flexibility index (Phi) is 7.46. The number of carbonyl (C=O) groups is 1. The van der Waals surface area contributed by atoms with Crippen molar-refractivity contribution in [1.29, 1.82) is 0 Å². The van der Waals surface area contributed by atoms with Gasteiger partial charge in [0.15, 0.2) is 6.10 Å². The molecule has 1 aliphatic heterocycles. The predicted octanol–water partition coefficient (Wildman–Crippen LogP) is 4.83. The van der Waals surface area contributed by atoms with Crippen LogP contribution in [0.4, 0.5) is 5.69 Å². The Morgan fingerprint density at radius 3 is 2.34 bits per heavy atom. The molecule has 1 aliphatic rings. The highest BCUT2D eigenvalue weighted by Crippen LogP contribution is 2.39. The van der Waals surface area contributed by atoms with Crippen LogP contribution in [0.2, 0.25) is 0 Å². The van der Waals surface area contributed by atoms with E-state index in [2.05, 4.69) is 46.0 Å². The number of carbonyl (C=O) groups excluding carboxylic acids is 1. The molecule has 0 unspecified atom stereocenters. The minimum absolute atomic E-state index is 0.0865. The van der Waals surface area contributed by atoms with Crippen LogP contribution in [0.15, 0.2) is 30.3 Å². The zero-order valence-corrected chi connectivity index (χ0v) is 23.0. The number of hydrogen-bond donors (Lipinski definition) is 1. The number of anilines is 1. The Balaban J connectivity index is 1.89. The highest BCUT2D eigenvalue weighted by Gasteiger charge is 2.36. The van der Waals surface area contributed by atoms with Crippen LogP contribution in [0.25, 0.3) is 0 Å². The molecule has 1 amide bonds. The molecule has 1 heterocycles. The van der Waals surface area contributed by atoms with Gasteiger partial charge in [0.1, 0.15) is 11.5 Å². The molecule has 0 saturated heterocycles. The standard InChI is InChI=1S/C27H38N2O5S/c1-16(2)20-14-21(17(3)12-24(20)33-8)18(4)28-26(30)25-15-29(35(9,31)32)22-13-19(27(5,6)7)10-11-23(22)34-25/h10-14,16,18,25H,15H2,1-9H3,(H,28,30)/t18-,25-/m1/s1. The fourth-order valence-electron chi connectivity index (χ4n) is 4.36. The van der Waals surface area contributed by atoms with Crippen molar-refractivity contribution < 1.29 is 22.7 Å². The molecule has 2 atom stereocenters. The van der Waals surface area contributed by atoms with Crippen LogP contribution < -0.4 is 19.1 Å². The van der Waals surface area contributed by atoms with Gasteiger partial charge in [0.25, 0.3) is 5.91 Å². The normalized spacial score (nSPS) is 17.0. The van der Waals surface area contributed by atoms with E-state index in [1.54, 1.807) is 13.2 Å². The molecule has 2 aromatic rings. The predicted molar refractivity (Wildman–Crippen MR) is 140 cm³/mol. The molecule has 0 saturated carbocycles. The maximum absolute atomic E-state index is 13.3. The summed E-state index contributed by atoms with van der Waals surface area (Å²) in [6, 6.07) is 9.25. The molecule has 2 aromatic carbocycles. The molecule has 0 aromatic heterocycles. The average molecular weight is 503 g/mol. The van der Waals surface area contributed by atoms with Gasteiger partial charge in [-0.05, 0) is 71.7 Å². The molecule has 1 N–H and O–H groups in total. The number of rotatable bonds is 6. The number of hydrogen-bond acceptors (Lipinski definition) is 5. The van der Waals surface area contributed by atoms with Crippen LogP contribution in [-0.4, -0.2) is 40.3 Å². The summed E-state index contributed by atoms with van der Waals surface area (Å²) >= 11 is 0. The number of benzene rings is 2. The molecule has 3 rings (SSSR count). The Bertz CT molecular complexity index is 1210. The summed E-state index contributed by atoms with van der Waals surface area (Å²) in [5, 5.41) is 3.02. The zero-order chi connectivity index (χ0) is 26.3. The lowest BCUT2D eigenvalue weighted by Gasteiger charge is -2.35. The first kappa shape index (κ1) is 26.9. The summed E-state index contributed by atoms with van der Waals surface area (Å²) in [5.74, 6) is 1.10. The summed E-state index contributed by atoms with van der Waals surface area (Å²) in [7, 11) is -1.96. The van der Waals surface area contributed by atoms with Crippen molar-refractivity contribution in [3.8, 4) is 11.5 Å². The average Bonchev–Trinajstić information content (AvgIpc) is 2.75. The lowest BCUT2D eigenvalue weighted by molar-refractivity contribution is -0.128. The number of fused-ring (bicyclic) bond motifs is 1. The monoisotopic (exact) mass is 502 g/mol. The van der Waals surface area contributed by atoms with Crippen molar-refractivity contribution >= 4 is 21.6 Å². The van der Waals surface area contributed by atoms with Crippen LogP contribution in [0, 0.1) is 6.92 Å². The van der Waals surface area contributed by atoms with E-state index >= 15 is 0 Å². The van der Waals surface area contributed by atoms with Crippen molar-refractivity contribution in [2.75, 3.05) is 24.2 Å². The molecule has 0 spiro atoms. The van der Waals surface area contributed by atoms with Crippen LogP contribution in [0.5, 0.6) is 11.5 Å². The zero-order valence-electron chi connectivity index (χ0n) is 22.2. The summed E-state index contributed by atoms with van der Waals surface area (Å²) in [4.78, 5) is 13.3. The van der Waals surface area contributed by atoms with Gasteiger partial charge in [0.2, 0.25) is 10.0 Å². The third kappa shape index (κ3) is 5.74. The van der Waals surface area contributed by atoms with Gasteiger partial charge < -0.3 is 14.8 Å². The maximum atomic E-state index is 13.3. The Hall–Kier alpha value is -2.74. The van der Waals surface area contributed by atoms with Gasteiger partial charge >= 0.3 is 0 Å². The second-order valence-corrected chi connectivity index (χ2v) is 12.6. The van der Waals surface area contributed by atoms with Gasteiger partial charge in [-0.2, -0.15) is 0 Å². The van der Waals surface area contributed by atoms with E-state index in [1.165, 1.54) is 4.31 Å². The van der Waals surface area contributed by atoms with E-state index in [4.69, 9.17) is 9.47 Å². The van der Waals surface area contributed by atoms with Crippen molar-refractivity contribution in [1.82, 2.24) is 5.32 Å². The molecule has 35 heavy (non-hydrogen) atoms. The largest absolute Gasteiger partial charge is 0.496 e. The summed E-state index contributed by atoms with van der Waals surface area (Å²) < 4.78 is 38.1. The smallest absolute Gasteiger partial charge is 0.263 e. The SMILES string of the molecule is COc1cc(C)c([C@@H](C)NC(=O)[C@H]2CN(S(C)(=O)=O)c3cc(C(C)(C)C)ccc3O2)cc1C(C)C. The molecule has 7 nitrogen and oxygen atoms in total. The van der Waals surface area contributed by atoms with E-state index in [9.17, 15) is 13.2 Å². The number of sulfonamides is 1. The fraction of sp³-hybridized carbons (Fsp3) is 0.519. The highest BCUT2D eigenvalue weighted by molar-refractivity contribution is 7.92. The lowest BCUT2D eigenvalue weighted by atomic mass is 9.86. The van der Waals surface area contributed by atoms with Gasteiger partial charge in [0.05, 0.1) is 31.6 Å². The van der Waals surface area contributed by atoms with Gasteiger partial charge in [-0.3, -0.25) is 9.10 Å². The number of methoxy groups -OCH3 is 1. The number of nitrogens with zero attached hydrogens (tertiary/aromatic N) is 1. The third-order valence-corrected chi connectivity index (χ3v) is 7.60. The third-order valence-electron chi connectivity index (χ3n) is 6.45. The Morgan fingerprint density at radius 2 is 1.80 bits per heavy atom. The highest BCUT2D eigenvalue weighted by atomic mass is 32.2. The first-order valence-corrected chi connectivity index (χ1v) is 13.8. The number of ether oxygens (including phenoxy) is 2. The molecular formula is C27H38N2O5S. The first-order valence-electron chi connectivity index (χ1n) is 11.9. The van der Waals surface area contributed by atoms with E-state index in [-0.39, 0.29) is 29.8 Å². The lowest BCUT2D eigenvalue weighted by Crippen LogP contribution is -2.51. The Morgan fingerprint density at radius 1 is 1.14 bits per heavy atom. The van der Waals surface area contributed by atoms with Crippen molar-refractivity contribution in [3.05, 3.63) is 52.6 Å². The number of amides is 1. The molecule has 0 aliphatic carbocycles. The molecule has 0 bridgehead atoms. The van der Waals surface area contributed by atoms with Gasteiger partial charge in [-0.25, -0.2) is 8.42 Å². The van der Waals surface area contributed by atoms with Crippen LogP contribution in [0.3, 0.4) is 0 Å². The van der Waals surface area contributed by atoms with Crippen molar-refractivity contribution in [3.63, 3.8) is 0 Å². The minimum atomic E-state index is -3.62. The maximum Gasteiger partial charge on any atom is 0.263 e. The molecule has 0 fully saturated rings. The van der Waals surface area contributed by atoms with E-state index in [0.29, 0.717) is 11.4 Å². The van der Waals surface area contributed by atoms with Gasteiger partial charge in [-0.15, -0.1) is 0 Å². The van der Waals surface area contributed by atoms with Crippen molar-refractivity contribution in [2.45, 2.75) is 71.9 Å². The second-order valence-electron chi connectivity index (χ2n) is 10.7. The number of aryl methyl sites for hydroxylation is 1. The fourth-order valence-corrected chi connectivity index (χ4v) is 5.27. The van der Waals surface area contributed by atoms with E-state index in [1.807, 2.05) is 32.0 Å². The van der Waals surface area contributed by atoms with E-state index < -0.39 is 16.1 Å². The Labute approximate surface area is 209 Å². The summed E-state index contributed by atoms with van der Waals surface area (Å²) in [6.45, 7) is 14.2. The molecule has 192 valence electrons. The molecular weight excluding hydrogens is 464 g/mol. The minimum Gasteiger partial charge on any atom is -0.496 e. The van der Waals surface area contributed by atoms with Gasteiger partial charge in [0, 0.05) is 0 Å². The van der Waals surface area contributed by atoms with E-state index in [0.717, 1.165) is 34.3 Å². The van der Waals surface area contributed by atoms with Crippen LogP contribution >= 0.6 is 0 Å². The van der Waals surface area contributed by atoms with Crippen molar-refractivity contribution in [2.24, 2.45) is 0 Å². The van der Waals surface area contributed by atoms with Crippen LogP contribution in [0.1, 0.15) is 75.8 Å². The molecule has 0 radical (unpaired) electrons. The van der Waals surface area contributed by atoms with Gasteiger partial charge in [-0.1, -0.05) is 40.7 Å². The second kappa shape index (κ2) is 9.72. The van der Waals surface area contributed by atoms with Crippen LogP contribution in [-0.2, 0) is 20.2 Å². The number of nitrogens with one attached hydrogen (secondary N) is 1. The first-order chi connectivity index (χ1) is 16.1. The quantitative estimate of drug-likeness (QED) is 0.612. The molecule has 8 heteroatoms. The summed E-state index contributed by atoms with van der Waals surface area (Å²) in [6.07, 6.45) is 0.181.